The monoisotopic (exact) mass is 284 g/mol. The fraction of sp³-hybridized carbons (Fsp3) is 1.00. The molecule has 116 valence electrons. The molecule has 3 N–H and O–H groups in total. The molecule has 0 aromatic heterocycles. The fourth-order valence-electron chi connectivity index (χ4n) is 6.02. The van der Waals surface area contributed by atoms with Crippen LogP contribution in [0.15, 0.2) is 0 Å². The first kappa shape index (κ1) is 14.8. The summed E-state index contributed by atoms with van der Waals surface area (Å²) in [5, 5.41) is 31.9. The Kier molecular flexibility index (Phi) is 3.09. The first-order valence-electron chi connectivity index (χ1n) is 7.81. The standard InChI is InChI=1S/C16H28O4/c1-14(2)6-5-11(19)16(4)12(14)9(17)7-15(3)13(16)10(18)8-20-15/h9-13,17-19H,5-8H2,1-4H3/t9-,10+,11-,12-,13+,15+,16-/m0/s1. The van der Waals surface area contributed by atoms with Crippen LogP contribution in [-0.4, -0.2) is 45.8 Å². The molecule has 1 aliphatic heterocycles. The van der Waals surface area contributed by atoms with E-state index >= 15 is 0 Å². The molecular weight excluding hydrogens is 256 g/mol. The molecule has 20 heavy (non-hydrogen) atoms. The van der Waals surface area contributed by atoms with E-state index in [4.69, 9.17) is 4.74 Å². The minimum Gasteiger partial charge on any atom is -0.393 e. The van der Waals surface area contributed by atoms with Crippen LogP contribution in [0.4, 0.5) is 0 Å². The second kappa shape index (κ2) is 4.19. The van der Waals surface area contributed by atoms with Crippen molar-refractivity contribution < 1.29 is 20.1 Å². The van der Waals surface area contributed by atoms with Crippen LogP contribution in [0.1, 0.15) is 47.0 Å². The van der Waals surface area contributed by atoms with Crippen LogP contribution < -0.4 is 0 Å². The second-order valence-electron chi connectivity index (χ2n) is 8.33. The van der Waals surface area contributed by atoms with Gasteiger partial charge in [0.05, 0.1) is 30.5 Å². The van der Waals surface area contributed by atoms with Gasteiger partial charge in [-0.15, -0.1) is 0 Å². The summed E-state index contributed by atoms with van der Waals surface area (Å²) < 4.78 is 5.84. The zero-order chi connectivity index (χ0) is 14.9. The Hall–Kier alpha value is -0.160. The summed E-state index contributed by atoms with van der Waals surface area (Å²) in [6.07, 6.45) is 0.652. The molecule has 7 atom stereocenters. The van der Waals surface area contributed by atoms with E-state index in [-0.39, 0.29) is 17.3 Å². The molecular formula is C16H28O4. The Morgan fingerprint density at radius 1 is 0.950 bits per heavy atom. The van der Waals surface area contributed by atoms with Crippen LogP contribution in [0.3, 0.4) is 0 Å². The molecule has 0 aromatic rings. The van der Waals surface area contributed by atoms with Crippen LogP contribution in [0.2, 0.25) is 0 Å². The number of hydrogen-bond donors (Lipinski definition) is 3. The van der Waals surface area contributed by atoms with Crippen LogP contribution in [0.25, 0.3) is 0 Å². The molecule has 4 nitrogen and oxygen atoms in total. The van der Waals surface area contributed by atoms with Crippen molar-refractivity contribution in [3.05, 3.63) is 0 Å². The van der Waals surface area contributed by atoms with E-state index < -0.39 is 29.3 Å². The first-order valence-corrected chi connectivity index (χ1v) is 7.81. The zero-order valence-corrected chi connectivity index (χ0v) is 13.0. The maximum Gasteiger partial charge on any atom is 0.0835 e. The van der Waals surface area contributed by atoms with Crippen molar-refractivity contribution in [1.29, 1.82) is 0 Å². The van der Waals surface area contributed by atoms with Gasteiger partial charge in [0.1, 0.15) is 0 Å². The van der Waals surface area contributed by atoms with Gasteiger partial charge in [0.2, 0.25) is 0 Å². The van der Waals surface area contributed by atoms with Crippen molar-refractivity contribution in [3.8, 4) is 0 Å². The highest BCUT2D eigenvalue weighted by Gasteiger charge is 2.68. The average molecular weight is 284 g/mol. The Bertz CT molecular complexity index is 405. The topological polar surface area (TPSA) is 69.9 Å². The molecule has 0 unspecified atom stereocenters. The molecule has 0 bridgehead atoms. The van der Waals surface area contributed by atoms with Crippen molar-refractivity contribution in [2.45, 2.75) is 70.9 Å². The van der Waals surface area contributed by atoms with Crippen LogP contribution in [-0.2, 0) is 4.74 Å². The quantitative estimate of drug-likeness (QED) is 0.627. The van der Waals surface area contributed by atoms with E-state index in [2.05, 4.69) is 13.8 Å². The van der Waals surface area contributed by atoms with Gasteiger partial charge in [0.25, 0.3) is 0 Å². The van der Waals surface area contributed by atoms with Crippen molar-refractivity contribution in [3.63, 3.8) is 0 Å². The number of fused-ring (bicyclic) bond motifs is 3. The summed E-state index contributed by atoms with van der Waals surface area (Å²) in [6.45, 7) is 8.69. The van der Waals surface area contributed by atoms with Gasteiger partial charge in [-0.25, -0.2) is 0 Å². The van der Waals surface area contributed by atoms with Crippen LogP contribution >= 0.6 is 0 Å². The van der Waals surface area contributed by atoms with Gasteiger partial charge in [0.15, 0.2) is 0 Å². The SMILES string of the molecule is CC1(C)CC[C@H](O)[C@@]2(C)[C@H]1[C@@H](O)C[C@@]1(C)OC[C@@H](O)[C@@H]21. The predicted molar refractivity (Wildman–Crippen MR) is 75.1 cm³/mol. The minimum atomic E-state index is -0.552. The Labute approximate surface area is 121 Å². The maximum atomic E-state index is 10.7. The molecule has 2 aliphatic carbocycles. The molecule has 3 rings (SSSR count). The van der Waals surface area contributed by atoms with E-state index in [9.17, 15) is 15.3 Å². The number of aliphatic hydroxyl groups is 3. The smallest absolute Gasteiger partial charge is 0.0835 e. The van der Waals surface area contributed by atoms with E-state index in [1.807, 2.05) is 13.8 Å². The Morgan fingerprint density at radius 3 is 2.25 bits per heavy atom. The molecule has 0 spiro atoms. The molecule has 0 radical (unpaired) electrons. The van der Waals surface area contributed by atoms with E-state index in [1.54, 1.807) is 0 Å². The van der Waals surface area contributed by atoms with Crippen LogP contribution in [0, 0.1) is 22.7 Å². The second-order valence-corrected chi connectivity index (χ2v) is 8.33. The number of ether oxygens (including phenoxy) is 1. The van der Waals surface area contributed by atoms with Gasteiger partial charge in [-0.2, -0.15) is 0 Å². The zero-order valence-electron chi connectivity index (χ0n) is 13.0. The molecule has 0 amide bonds. The number of hydrogen-bond acceptors (Lipinski definition) is 4. The average Bonchev–Trinajstić information content (AvgIpc) is 2.60. The summed E-state index contributed by atoms with van der Waals surface area (Å²) in [5.41, 5.74) is -1.06. The van der Waals surface area contributed by atoms with Gasteiger partial charge >= 0.3 is 0 Å². The molecule has 3 fully saturated rings. The third kappa shape index (κ3) is 1.68. The fourth-order valence-corrected chi connectivity index (χ4v) is 6.02. The lowest BCUT2D eigenvalue weighted by Crippen LogP contribution is -2.67. The van der Waals surface area contributed by atoms with E-state index in [0.29, 0.717) is 13.0 Å². The molecule has 1 heterocycles. The summed E-state index contributed by atoms with van der Waals surface area (Å²) >= 11 is 0. The number of rotatable bonds is 0. The lowest BCUT2D eigenvalue weighted by atomic mass is 9.43. The van der Waals surface area contributed by atoms with Crippen LogP contribution in [0.5, 0.6) is 0 Å². The summed E-state index contributed by atoms with van der Waals surface area (Å²) in [4.78, 5) is 0. The Morgan fingerprint density at radius 2 is 1.60 bits per heavy atom. The lowest BCUT2D eigenvalue weighted by Gasteiger charge is -2.63. The maximum absolute atomic E-state index is 10.7. The van der Waals surface area contributed by atoms with Gasteiger partial charge in [-0.1, -0.05) is 20.8 Å². The molecule has 0 aromatic carbocycles. The van der Waals surface area contributed by atoms with Crippen molar-refractivity contribution in [2.75, 3.05) is 6.61 Å². The normalized spacial score (nSPS) is 58.0. The van der Waals surface area contributed by atoms with E-state index in [1.165, 1.54) is 0 Å². The van der Waals surface area contributed by atoms with Crippen molar-refractivity contribution >= 4 is 0 Å². The molecule has 4 heteroatoms. The van der Waals surface area contributed by atoms with Crippen molar-refractivity contribution in [1.82, 2.24) is 0 Å². The van der Waals surface area contributed by atoms with E-state index in [0.717, 1.165) is 12.8 Å². The van der Waals surface area contributed by atoms with Gasteiger partial charge < -0.3 is 20.1 Å². The largest absolute Gasteiger partial charge is 0.393 e. The van der Waals surface area contributed by atoms with Crippen molar-refractivity contribution in [2.24, 2.45) is 22.7 Å². The highest BCUT2D eigenvalue weighted by Crippen LogP contribution is 2.64. The van der Waals surface area contributed by atoms with Gasteiger partial charge in [-0.3, -0.25) is 0 Å². The summed E-state index contributed by atoms with van der Waals surface area (Å²) in [6, 6.07) is 0. The minimum absolute atomic E-state index is 0.00632. The van der Waals surface area contributed by atoms with Gasteiger partial charge in [-0.05, 0) is 31.1 Å². The molecule has 1 saturated heterocycles. The third-order valence-corrected chi connectivity index (χ3v) is 6.59. The number of aliphatic hydroxyl groups excluding tert-OH is 3. The Balaban J connectivity index is 2.12. The summed E-state index contributed by atoms with van der Waals surface area (Å²) in [5.74, 6) is -0.119. The molecule has 2 saturated carbocycles. The third-order valence-electron chi connectivity index (χ3n) is 6.59. The predicted octanol–water partition coefficient (Wildman–Crippen LogP) is 1.32. The highest BCUT2D eigenvalue weighted by molar-refractivity contribution is 5.17. The van der Waals surface area contributed by atoms with Gasteiger partial charge in [0, 0.05) is 17.8 Å². The lowest BCUT2D eigenvalue weighted by molar-refractivity contribution is -0.241. The summed E-state index contributed by atoms with van der Waals surface area (Å²) in [7, 11) is 0. The first-order chi connectivity index (χ1) is 9.13. The molecule has 3 aliphatic rings. The highest BCUT2D eigenvalue weighted by atomic mass is 16.5.